The zero-order chi connectivity index (χ0) is 10.6. The van der Waals surface area contributed by atoms with Crippen LogP contribution >= 0.6 is 0 Å². The van der Waals surface area contributed by atoms with Crippen LogP contribution in [-0.2, 0) is 0 Å². The molecule has 0 saturated carbocycles. The summed E-state index contributed by atoms with van der Waals surface area (Å²) in [4.78, 5) is 0. The van der Waals surface area contributed by atoms with Crippen molar-refractivity contribution in [2.45, 2.75) is 19.5 Å². The number of hydrogen-bond acceptors (Lipinski definition) is 2. The van der Waals surface area contributed by atoms with E-state index in [9.17, 15) is 4.39 Å². The third-order valence-electron chi connectivity index (χ3n) is 1.57. The largest absolute Gasteiger partial charge is 0.490 e. The molecule has 0 unspecified atom stereocenters. The first-order valence-electron chi connectivity index (χ1n) is 4.33. The lowest BCUT2D eigenvalue weighted by molar-refractivity contribution is 0.121. The highest BCUT2D eigenvalue weighted by Gasteiger charge is 2.16. The highest BCUT2D eigenvalue weighted by molar-refractivity contribution is 5.34. The van der Waals surface area contributed by atoms with E-state index in [0.29, 0.717) is 11.3 Å². The van der Waals surface area contributed by atoms with Crippen molar-refractivity contribution >= 4 is 0 Å². The molecule has 0 atom stereocenters. The average molecular weight is 193 g/mol. The van der Waals surface area contributed by atoms with Crippen molar-refractivity contribution in [2.75, 3.05) is 6.61 Å². The minimum absolute atomic E-state index is 0.0128. The van der Waals surface area contributed by atoms with E-state index in [1.54, 1.807) is 24.3 Å². The van der Waals surface area contributed by atoms with Gasteiger partial charge in [-0.3, -0.25) is 0 Å². The molecular weight excluding hydrogens is 181 g/mol. The Morgan fingerprint density at radius 2 is 1.93 bits per heavy atom. The first-order valence-corrected chi connectivity index (χ1v) is 4.33. The van der Waals surface area contributed by atoms with Crippen LogP contribution in [0.3, 0.4) is 0 Å². The lowest BCUT2D eigenvalue weighted by Crippen LogP contribution is -2.22. The van der Waals surface area contributed by atoms with E-state index < -0.39 is 5.67 Å². The van der Waals surface area contributed by atoms with Gasteiger partial charge < -0.3 is 4.74 Å². The predicted molar refractivity (Wildman–Crippen MR) is 51.8 cm³/mol. The minimum Gasteiger partial charge on any atom is -0.490 e. The molecule has 0 aliphatic rings. The number of ether oxygens (including phenoxy) is 1. The Bertz CT molecular complexity index is 332. The van der Waals surface area contributed by atoms with E-state index in [2.05, 4.69) is 0 Å². The van der Waals surface area contributed by atoms with Crippen LogP contribution in [0.1, 0.15) is 19.4 Å². The van der Waals surface area contributed by atoms with Crippen LogP contribution in [0.4, 0.5) is 4.39 Å². The third-order valence-corrected chi connectivity index (χ3v) is 1.57. The van der Waals surface area contributed by atoms with Gasteiger partial charge in [-0.2, -0.15) is 5.26 Å². The van der Waals surface area contributed by atoms with E-state index in [1.807, 2.05) is 6.07 Å². The van der Waals surface area contributed by atoms with Crippen molar-refractivity contribution in [1.82, 2.24) is 0 Å². The zero-order valence-electron chi connectivity index (χ0n) is 8.25. The number of hydrogen-bond donors (Lipinski definition) is 0. The van der Waals surface area contributed by atoms with Crippen LogP contribution in [0.15, 0.2) is 24.3 Å². The van der Waals surface area contributed by atoms with Gasteiger partial charge in [-0.25, -0.2) is 4.39 Å². The summed E-state index contributed by atoms with van der Waals surface area (Å²) in [5.41, 5.74) is -0.773. The Kier molecular flexibility index (Phi) is 3.08. The summed E-state index contributed by atoms with van der Waals surface area (Å²) in [5, 5.41) is 8.54. The van der Waals surface area contributed by atoms with Crippen LogP contribution in [0, 0.1) is 11.3 Å². The summed E-state index contributed by atoms with van der Waals surface area (Å²) in [6.07, 6.45) is 0. The molecule has 0 amide bonds. The van der Waals surface area contributed by atoms with Crippen LogP contribution in [-0.4, -0.2) is 12.3 Å². The predicted octanol–water partition coefficient (Wildman–Crippen LogP) is 2.69. The van der Waals surface area contributed by atoms with Gasteiger partial charge in [0.05, 0.1) is 11.6 Å². The van der Waals surface area contributed by atoms with Crippen molar-refractivity contribution in [3.63, 3.8) is 0 Å². The Labute approximate surface area is 82.9 Å². The number of rotatable bonds is 3. The second-order valence-electron chi connectivity index (χ2n) is 3.64. The van der Waals surface area contributed by atoms with Gasteiger partial charge in [0.1, 0.15) is 18.0 Å². The quantitative estimate of drug-likeness (QED) is 0.739. The van der Waals surface area contributed by atoms with Gasteiger partial charge in [-0.15, -0.1) is 0 Å². The van der Waals surface area contributed by atoms with E-state index in [4.69, 9.17) is 10.00 Å². The molecular formula is C11H12FNO. The molecule has 2 nitrogen and oxygen atoms in total. The number of alkyl halides is 1. The molecule has 1 rings (SSSR count). The Morgan fingerprint density at radius 1 is 1.36 bits per heavy atom. The lowest BCUT2D eigenvalue weighted by atomic mass is 10.2. The van der Waals surface area contributed by atoms with Crippen LogP contribution in [0.25, 0.3) is 0 Å². The number of nitrogens with zero attached hydrogens (tertiary/aromatic N) is 1. The van der Waals surface area contributed by atoms with E-state index in [1.165, 1.54) is 13.8 Å². The maximum absolute atomic E-state index is 13.0. The zero-order valence-corrected chi connectivity index (χ0v) is 8.25. The summed E-state index contributed by atoms with van der Waals surface area (Å²) >= 11 is 0. The first kappa shape index (κ1) is 10.5. The monoisotopic (exact) mass is 193 g/mol. The Balaban J connectivity index is 2.58. The van der Waals surface area contributed by atoms with Crippen molar-refractivity contribution in [3.8, 4) is 11.8 Å². The molecule has 0 aromatic heterocycles. The van der Waals surface area contributed by atoms with Gasteiger partial charge in [-0.05, 0) is 38.1 Å². The molecule has 0 aliphatic carbocycles. The van der Waals surface area contributed by atoms with Gasteiger partial charge >= 0.3 is 0 Å². The molecule has 0 radical (unpaired) electrons. The maximum atomic E-state index is 13.0. The molecule has 1 aromatic carbocycles. The fourth-order valence-corrected chi connectivity index (χ4v) is 0.881. The highest BCUT2D eigenvalue weighted by Crippen LogP contribution is 2.15. The van der Waals surface area contributed by atoms with E-state index >= 15 is 0 Å². The van der Waals surface area contributed by atoms with Crippen molar-refractivity contribution in [2.24, 2.45) is 0 Å². The molecule has 0 fully saturated rings. The fraction of sp³-hybridized carbons (Fsp3) is 0.364. The summed E-state index contributed by atoms with van der Waals surface area (Å²) in [5.74, 6) is 0.578. The second-order valence-corrected chi connectivity index (χ2v) is 3.64. The molecule has 0 heterocycles. The summed E-state index contributed by atoms with van der Waals surface area (Å²) in [6, 6.07) is 8.59. The van der Waals surface area contributed by atoms with Crippen LogP contribution in [0.2, 0.25) is 0 Å². The fourth-order valence-electron chi connectivity index (χ4n) is 0.881. The standard InChI is InChI=1S/C11H12FNO/c1-11(2,12)8-14-10-5-3-9(7-13)4-6-10/h3-6H,8H2,1-2H3. The highest BCUT2D eigenvalue weighted by atomic mass is 19.1. The smallest absolute Gasteiger partial charge is 0.139 e. The molecule has 1 aromatic rings. The molecule has 74 valence electrons. The van der Waals surface area contributed by atoms with E-state index in [-0.39, 0.29) is 6.61 Å². The van der Waals surface area contributed by atoms with Gasteiger partial charge in [0, 0.05) is 0 Å². The number of halogens is 1. The Hall–Kier alpha value is -1.56. The lowest BCUT2D eigenvalue weighted by Gasteiger charge is -2.14. The summed E-state index contributed by atoms with van der Waals surface area (Å²) < 4.78 is 18.2. The van der Waals surface area contributed by atoms with Gasteiger partial charge in [0.15, 0.2) is 0 Å². The van der Waals surface area contributed by atoms with Crippen molar-refractivity contribution < 1.29 is 9.13 Å². The topological polar surface area (TPSA) is 33.0 Å². The van der Waals surface area contributed by atoms with Gasteiger partial charge in [0.25, 0.3) is 0 Å². The first-order chi connectivity index (χ1) is 6.51. The minimum atomic E-state index is -1.34. The van der Waals surface area contributed by atoms with Gasteiger partial charge in [-0.1, -0.05) is 0 Å². The number of benzene rings is 1. The average Bonchev–Trinajstić information content (AvgIpc) is 2.14. The molecule has 3 heteroatoms. The van der Waals surface area contributed by atoms with Crippen LogP contribution < -0.4 is 4.74 Å². The SMILES string of the molecule is CC(C)(F)COc1ccc(C#N)cc1. The summed E-state index contributed by atoms with van der Waals surface area (Å²) in [6.45, 7) is 2.92. The normalized spacial score (nSPS) is 10.7. The second kappa shape index (κ2) is 4.10. The Morgan fingerprint density at radius 3 is 2.36 bits per heavy atom. The van der Waals surface area contributed by atoms with Crippen LogP contribution in [0.5, 0.6) is 5.75 Å². The summed E-state index contributed by atoms with van der Waals surface area (Å²) in [7, 11) is 0. The molecule has 14 heavy (non-hydrogen) atoms. The molecule has 0 spiro atoms. The molecule has 0 N–H and O–H groups in total. The number of nitriles is 1. The molecule has 0 saturated heterocycles. The maximum Gasteiger partial charge on any atom is 0.139 e. The van der Waals surface area contributed by atoms with Crippen molar-refractivity contribution in [1.29, 1.82) is 5.26 Å². The van der Waals surface area contributed by atoms with Crippen molar-refractivity contribution in [3.05, 3.63) is 29.8 Å². The third kappa shape index (κ3) is 3.44. The molecule has 0 bridgehead atoms. The molecule has 0 aliphatic heterocycles. The van der Waals surface area contributed by atoms with E-state index in [0.717, 1.165) is 0 Å². The van der Waals surface area contributed by atoms with Gasteiger partial charge in [0.2, 0.25) is 0 Å².